The van der Waals surface area contributed by atoms with Crippen molar-refractivity contribution in [2.75, 3.05) is 39.6 Å². The molecule has 2 unspecified atom stereocenters. The van der Waals surface area contributed by atoms with Crippen molar-refractivity contribution in [2.24, 2.45) is 5.92 Å². The Bertz CT molecular complexity index is 1840. The summed E-state index contributed by atoms with van der Waals surface area (Å²) in [5, 5.41) is 10.6. The first-order chi connectivity index (χ1) is 46.5. The Kier molecular flexibility index (Phi) is 68.7. The summed E-state index contributed by atoms with van der Waals surface area (Å²) in [6, 6.07) is 0. The molecule has 0 radical (unpaired) electrons. The number of rotatable bonds is 77. The predicted octanol–water partition coefficient (Wildman–Crippen LogP) is 22.9. The second-order valence-corrected chi connectivity index (χ2v) is 31.1. The van der Waals surface area contributed by atoms with E-state index in [1.807, 2.05) is 0 Å². The number of hydrogen-bond acceptors (Lipinski definition) is 15. The fourth-order valence-corrected chi connectivity index (χ4v) is 13.5. The van der Waals surface area contributed by atoms with Gasteiger partial charge in [0.1, 0.15) is 19.3 Å². The summed E-state index contributed by atoms with van der Waals surface area (Å²) in [7, 11) is -9.91. The largest absolute Gasteiger partial charge is 0.472 e. The lowest BCUT2D eigenvalue weighted by Gasteiger charge is -2.21. The van der Waals surface area contributed by atoms with Crippen LogP contribution in [0.3, 0.4) is 0 Å². The van der Waals surface area contributed by atoms with Gasteiger partial charge in [0.25, 0.3) is 0 Å². The monoisotopic (exact) mass is 1410 g/mol. The van der Waals surface area contributed by atoms with Crippen LogP contribution in [0, 0.1) is 5.92 Å². The van der Waals surface area contributed by atoms with Gasteiger partial charge in [0.2, 0.25) is 0 Å². The Labute approximate surface area is 588 Å². The molecular weight excluding hydrogens is 1260 g/mol. The van der Waals surface area contributed by atoms with Crippen molar-refractivity contribution in [2.45, 2.75) is 425 Å². The average Bonchev–Trinajstić information content (AvgIpc) is 1.51. The number of esters is 4. The van der Waals surface area contributed by atoms with Crippen molar-refractivity contribution in [1.82, 2.24) is 0 Å². The standard InChI is InChI=1S/C77H150O17P2/c1-6-9-12-15-18-21-23-25-27-29-30-31-33-35-37-42-47-52-57-62-76(81)94-73(67-88-75(80)61-56-51-46-41-36-34-32-28-26-24-22-19-16-13-10-7-2)69-92-96(85,86)90-65-71(78)64-89-95(83,84)91-68-72(66-87-74(79)60-55-50-45-20-17-14-11-8-3)93-77(82)63-58-53-48-43-39-38-40-44-49-54-59-70(4)5/h70-73,78H,6-69H2,1-5H3,(H,83,84)(H,85,86)/t71-,72+,73+/m0/s1. The van der Waals surface area contributed by atoms with E-state index in [1.54, 1.807) is 0 Å². The molecule has 0 amide bonds. The summed E-state index contributed by atoms with van der Waals surface area (Å²) >= 11 is 0. The zero-order valence-corrected chi connectivity index (χ0v) is 64.3. The van der Waals surface area contributed by atoms with Crippen molar-refractivity contribution in [3.8, 4) is 0 Å². The first-order valence-corrected chi connectivity index (χ1v) is 43.1. The van der Waals surface area contributed by atoms with Gasteiger partial charge in [-0.3, -0.25) is 37.3 Å². The fraction of sp³-hybridized carbons (Fsp3) is 0.948. The number of phosphoric acid groups is 2. The van der Waals surface area contributed by atoms with Gasteiger partial charge in [-0.1, -0.05) is 356 Å². The van der Waals surface area contributed by atoms with E-state index in [1.165, 1.54) is 225 Å². The van der Waals surface area contributed by atoms with E-state index in [-0.39, 0.29) is 25.7 Å². The first-order valence-electron chi connectivity index (χ1n) is 40.1. The molecule has 0 bridgehead atoms. The van der Waals surface area contributed by atoms with E-state index < -0.39 is 97.5 Å². The summed E-state index contributed by atoms with van der Waals surface area (Å²) in [6.45, 7) is 7.27. The number of ether oxygens (including phenoxy) is 4. The van der Waals surface area contributed by atoms with Gasteiger partial charge < -0.3 is 33.8 Å². The topological polar surface area (TPSA) is 237 Å². The third-order valence-corrected chi connectivity index (χ3v) is 19.9. The summed E-state index contributed by atoms with van der Waals surface area (Å²) < 4.78 is 68.5. The SMILES string of the molecule is CCCCCCCCCCCCCCCCCCCCCC(=O)O[C@H](COC(=O)CCCCCCCCCCCCCCCCCC)COP(=O)(O)OC[C@@H](O)COP(=O)(O)OC[C@@H](COC(=O)CCCCCCCCCC)OC(=O)CCCCCCCCCCCCC(C)C. The lowest BCUT2D eigenvalue weighted by molar-refractivity contribution is -0.161. The van der Waals surface area contributed by atoms with E-state index >= 15 is 0 Å². The van der Waals surface area contributed by atoms with Crippen molar-refractivity contribution in [3.63, 3.8) is 0 Å². The lowest BCUT2D eigenvalue weighted by atomic mass is 10.0. The number of carbonyl (C=O) groups is 4. The van der Waals surface area contributed by atoms with Crippen LogP contribution in [-0.2, 0) is 65.4 Å². The van der Waals surface area contributed by atoms with Crippen LogP contribution in [0.1, 0.15) is 407 Å². The molecule has 0 aromatic heterocycles. The van der Waals surface area contributed by atoms with Crippen LogP contribution >= 0.6 is 15.6 Å². The van der Waals surface area contributed by atoms with Crippen molar-refractivity contribution >= 4 is 39.5 Å². The molecule has 0 spiro atoms. The number of hydrogen-bond donors (Lipinski definition) is 3. The van der Waals surface area contributed by atoms with Crippen LogP contribution in [0.2, 0.25) is 0 Å². The lowest BCUT2D eigenvalue weighted by Crippen LogP contribution is -2.30. The zero-order valence-electron chi connectivity index (χ0n) is 62.5. The van der Waals surface area contributed by atoms with Gasteiger partial charge in [-0.25, -0.2) is 9.13 Å². The first kappa shape index (κ1) is 94.1. The molecule has 0 aliphatic rings. The number of aliphatic hydroxyl groups is 1. The molecule has 0 heterocycles. The average molecular weight is 1410 g/mol. The molecule has 5 atom stereocenters. The Balaban J connectivity index is 5.20. The Morgan fingerprint density at radius 2 is 0.479 bits per heavy atom. The third-order valence-electron chi connectivity index (χ3n) is 18.0. The highest BCUT2D eigenvalue weighted by Gasteiger charge is 2.30. The van der Waals surface area contributed by atoms with Crippen molar-refractivity contribution < 1.29 is 80.2 Å². The molecule has 0 aliphatic heterocycles. The minimum absolute atomic E-state index is 0.106. The zero-order chi connectivity index (χ0) is 70.5. The van der Waals surface area contributed by atoms with Crippen molar-refractivity contribution in [3.05, 3.63) is 0 Å². The van der Waals surface area contributed by atoms with E-state index in [9.17, 15) is 43.2 Å². The smallest absolute Gasteiger partial charge is 0.462 e. The maximum atomic E-state index is 13.1. The minimum atomic E-state index is -4.96. The molecule has 17 nitrogen and oxygen atoms in total. The summed E-state index contributed by atoms with van der Waals surface area (Å²) in [6.07, 6.45) is 59.7. The van der Waals surface area contributed by atoms with E-state index in [0.29, 0.717) is 25.7 Å². The molecule has 0 aromatic carbocycles. The van der Waals surface area contributed by atoms with Gasteiger partial charge in [-0.2, -0.15) is 0 Å². The highest BCUT2D eigenvalue weighted by Crippen LogP contribution is 2.45. The van der Waals surface area contributed by atoms with Gasteiger partial charge >= 0.3 is 39.5 Å². The van der Waals surface area contributed by atoms with Crippen LogP contribution in [0.5, 0.6) is 0 Å². The number of carbonyl (C=O) groups excluding carboxylic acids is 4. The van der Waals surface area contributed by atoms with Gasteiger partial charge in [0, 0.05) is 25.7 Å². The minimum Gasteiger partial charge on any atom is -0.462 e. The molecule has 0 saturated heterocycles. The second-order valence-electron chi connectivity index (χ2n) is 28.2. The van der Waals surface area contributed by atoms with Crippen molar-refractivity contribution in [1.29, 1.82) is 0 Å². The molecule has 570 valence electrons. The van der Waals surface area contributed by atoms with E-state index in [2.05, 4.69) is 34.6 Å². The Morgan fingerprint density at radius 3 is 0.708 bits per heavy atom. The van der Waals surface area contributed by atoms with E-state index in [4.69, 9.17) is 37.0 Å². The predicted molar refractivity (Wildman–Crippen MR) is 391 cm³/mol. The number of phosphoric ester groups is 2. The second kappa shape index (κ2) is 70.1. The molecule has 19 heteroatoms. The maximum absolute atomic E-state index is 13.1. The van der Waals surface area contributed by atoms with Crippen LogP contribution in [0.4, 0.5) is 0 Å². The van der Waals surface area contributed by atoms with Crippen LogP contribution in [0.25, 0.3) is 0 Å². The molecule has 0 aliphatic carbocycles. The summed E-state index contributed by atoms with van der Waals surface area (Å²) in [5.74, 6) is -1.36. The molecule has 0 saturated carbocycles. The Hall–Kier alpha value is -1.94. The van der Waals surface area contributed by atoms with Gasteiger partial charge in [0.05, 0.1) is 26.4 Å². The maximum Gasteiger partial charge on any atom is 0.472 e. The molecule has 0 fully saturated rings. The van der Waals surface area contributed by atoms with Crippen LogP contribution < -0.4 is 0 Å². The quantitative estimate of drug-likeness (QED) is 0.0222. The molecule has 0 aromatic rings. The Morgan fingerprint density at radius 1 is 0.281 bits per heavy atom. The van der Waals surface area contributed by atoms with Crippen LogP contribution in [-0.4, -0.2) is 96.7 Å². The van der Waals surface area contributed by atoms with E-state index in [0.717, 1.165) is 102 Å². The molecular formula is C77H150O17P2. The number of aliphatic hydroxyl groups excluding tert-OH is 1. The fourth-order valence-electron chi connectivity index (χ4n) is 11.9. The molecule has 0 rings (SSSR count). The van der Waals surface area contributed by atoms with Gasteiger partial charge in [0.15, 0.2) is 12.2 Å². The van der Waals surface area contributed by atoms with Gasteiger partial charge in [-0.15, -0.1) is 0 Å². The number of unbranched alkanes of at least 4 members (excludes halogenated alkanes) is 49. The normalized spacial score (nSPS) is 13.9. The summed E-state index contributed by atoms with van der Waals surface area (Å²) in [5.41, 5.74) is 0. The summed E-state index contributed by atoms with van der Waals surface area (Å²) in [4.78, 5) is 72.8. The highest BCUT2D eigenvalue weighted by atomic mass is 31.2. The van der Waals surface area contributed by atoms with Gasteiger partial charge in [-0.05, 0) is 31.6 Å². The van der Waals surface area contributed by atoms with Crippen LogP contribution in [0.15, 0.2) is 0 Å². The highest BCUT2D eigenvalue weighted by molar-refractivity contribution is 7.47. The molecule has 96 heavy (non-hydrogen) atoms. The molecule has 3 N–H and O–H groups in total. The third kappa shape index (κ3) is 70.5.